The summed E-state index contributed by atoms with van der Waals surface area (Å²) < 4.78 is 25.3. The number of nitrogens with one attached hydrogen (secondary N) is 2. The minimum atomic E-state index is -3.12. The van der Waals surface area contributed by atoms with E-state index in [0.29, 0.717) is 5.92 Å². The van der Waals surface area contributed by atoms with Crippen LogP contribution in [-0.4, -0.2) is 32.2 Å². The Hall–Kier alpha value is -1.14. The minimum absolute atomic E-state index is 0.0484. The molecule has 1 aromatic rings. The Balaban J connectivity index is 1.91. The average Bonchev–Trinajstić information content (AvgIpc) is 2.71. The zero-order valence-electron chi connectivity index (χ0n) is 11.4. The number of sulfonamides is 1. The van der Waals surface area contributed by atoms with Crippen LogP contribution in [0.3, 0.4) is 0 Å². The molecule has 1 heterocycles. The molecular formula is C13H21N3O2S. The Morgan fingerprint density at radius 3 is 2.84 bits per heavy atom. The highest BCUT2D eigenvalue weighted by molar-refractivity contribution is 7.88. The Morgan fingerprint density at radius 1 is 1.37 bits per heavy atom. The predicted octanol–water partition coefficient (Wildman–Crippen LogP) is 1.52. The van der Waals surface area contributed by atoms with Crippen LogP contribution >= 0.6 is 0 Å². The lowest BCUT2D eigenvalue weighted by atomic mass is 10.1. The van der Waals surface area contributed by atoms with Gasteiger partial charge in [-0.2, -0.15) is 0 Å². The Morgan fingerprint density at radius 2 is 2.16 bits per heavy atom. The van der Waals surface area contributed by atoms with E-state index in [0.717, 1.165) is 37.3 Å². The van der Waals surface area contributed by atoms with Crippen LogP contribution in [0.2, 0.25) is 0 Å². The molecule has 2 atom stereocenters. The van der Waals surface area contributed by atoms with Crippen LogP contribution in [0.5, 0.6) is 0 Å². The standard InChI is InChI=1S/C13H21N3O2S/c1-10-5-3-8-13(15-10)14-9-11-6-4-7-12(11)16-19(2,17)18/h3,5,8,11-12,16H,4,6-7,9H2,1-2H3,(H,14,15)/t11-,12-/m1/s1. The van der Waals surface area contributed by atoms with Crippen molar-refractivity contribution in [3.63, 3.8) is 0 Å². The van der Waals surface area contributed by atoms with E-state index in [1.807, 2.05) is 25.1 Å². The van der Waals surface area contributed by atoms with Crippen LogP contribution in [0.4, 0.5) is 5.82 Å². The van der Waals surface area contributed by atoms with E-state index in [9.17, 15) is 8.42 Å². The first-order valence-electron chi connectivity index (χ1n) is 6.59. The summed E-state index contributed by atoms with van der Waals surface area (Å²) in [4.78, 5) is 4.38. The summed E-state index contributed by atoms with van der Waals surface area (Å²) in [5, 5.41) is 3.30. The van der Waals surface area contributed by atoms with Gasteiger partial charge in [-0.3, -0.25) is 0 Å². The molecule has 0 aromatic carbocycles. The molecule has 1 fully saturated rings. The van der Waals surface area contributed by atoms with Gasteiger partial charge in [0.25, 0.3) is 0 Å². The average molecular weight is 283 g/mol. The molecule has 0 radical (unpaired) electrons. The Kier molecular flexibility index (Phi) is 4.42. The number of anilines is 1. The Labute approximate surface area is 114 Å². The monoisotopic (exact) mass is 283 g/mol. The zero-order chi connectivity index (χ0) is 13.9. The van der Waals surface area contributed by atoms with Crippen LogP contribution in [0.25, 0.3) is 0 Å². The summed E-state index contributed by atoms with van der Waals surface area (Å²) in [5.41, 5.74) is 0.974. The van der Waals surface area contributed by atoms with Crippen molar-refractivity contribution >= 4 is 15.8 Å². The fourth-order valence-electron chi connectivity index (χ4n) is 2.59. The number of aromatic nitrogens is 1. The lowest BCUT2D eigenvalue weighted by Crippen LogP contribution is -2.39. The first-order valence-corrected chi connectivity index (χ1v) is 8.48. The van der Waals surface area contributed by atoms with Gasteiger partial charge in [0.1, 0.15) is 5.82 Å². The van der Waals surface area contributed by atoms with Gasteiger partial charge in [-0.1, -0.05) is 12.5 Å². The molecule has 0 unspecified atom stereocenters. The van der Waals surface area contributed by atoms with Crippen LogP contribution in [-0.2, 0) is 10.0 Å². The second-order valence-corrected chi connectivity index (χ2v) is 7.01. The molecule has 6 heteroatoms. The maximum absolute atomic E-state index is 11.3. The maximum atomic E-state index is 11.3. The van der Waals surface area contributed by atoms with Crippen molar-refractivity contribution in [3.8, 4) is 0 Å². The summed E-state index contributed by atoms with van der Waals surface area (Å²) in [6.45, 7) is 2.71. The second-order valence-electron chi connectivity index (χ2n) is 5.23. The van der Waals surface area contributed by atoms with Crippen molar-refractivity contribution in [1.82, 2.24) is 9.71 Å². The van der Waals surface area contributed by atoms with Crippen molar-refractivity contribution < 1.29 is 8.42 Å². The number of aryl methyl sites for hydroxylation is 1. The molecule has 2 N–H and O–H groups in total. The molecule has 0 spiro atoms. The van der Waals surface area contributed by atoms with Crippen molar-refractivity contribution in [3.05, 3.63) is 23.9 Å². The SMILES string of the molecule is Cc1cccc(NC[C@H]2CCC[C@H]2NS(C)(=O)=O)n1. The largest absolute Gasteiger partial charge is 0.370 e. The fraction of sp³-hybridized carbons (Fsp3) is 0.615. The molecule has 5 nitrogen and oxygen atoms in total. The third-order valence-corrected chi connectivity index (χ3v) is 4.19. The van der Waals surface area contributed by atoms with Crippen LogP contribution < -0.4 is 10.0 Å². The smallest absolute Gasteiger partial charge is 0.208 e. The molecule has 0 aliphatic heterocycles. The molecule has 1 saturated carbocycles. The summed E-state index contributed by atoms with van der Waals surface area (Å²) in [6, 6.07) is 5.90. The zero-order valence-corrected chi connectivity index (χ0v) is 12.2. The van der Waals surface area contributed by atoms with E-state index in [1.54, 1.807) is 0 Å². The van der Waals surface area contributed by atoms with Crippen molar-refractivity contribution in [2.24, 2.45) is 5.92 Å². The lowest BCUT2D eigenvalue weighted by Gasteiger charge is -2.20. The van der Waals surface area contributed by atoms with Gasteiger partial charge in [-0.15, -0.1) is 0 Å². The molecule has 19 heavy (non-hydrogen) atoms. The van der Waals surface area contributed by atoms with Gasteiger partial charge in [0.05, 0.1) is 6.26 Å². The topological polar surface area (TPSA) is 71.1 Å². The first-order chi connectivity index (χ1) is 8.94. The highest BCUT2D eigenvalue weighted by atomic mass is 32.2. The van der Waals surface area contributed by atoms with Gasteiger partial charge in [0, 0.05) is 18.3 Å². The molecule has 1 aliphatic rings. The molecule has 106 valence electrons. The molecule has 2 rings (SSSR count). The predicted molar refractivity (Wildman–Crippen MR) is 76.6 cm³/mol. The van der Waals surface area contributed by atoms with Crippen LogP contribution in [0.1, 0.15) is 25.0 Å². The third kappa shape index (κ3) is 4.47. The molecule has 1 aliphatic carbocycles. The van der Waals surface area contributed by atoms with Gasteiger partial charge < -0.3 is 5.32 Å². The summed E-state index contributed by atoms with van der Waals surface area (Å²) >= 11 is 0. The van der Waals surface area contributed by atoms with E-state index in [4.69, 9.17) is 0 Å². The van der Waals surface area contributed by atoms with Crippen molar-refractivity contribution in [1.29, 1.82) is 0 Å². The third-order valence-electron chi connectivity index (χ3n) is 3.46. The second kappa shape index (κ2) is 5.88. The minimum Gasteiger partial charge on any atom is -0.370 e. The van der Waals surface area contributed by atoms with E-state index < -0.39 is 10.0 Å². The first kappa shape index (κ1) is 14.3. The normalized spacial score (nSPS) is 23.5. The quantitative estimate of drug-likeness (QED) is 0.859. The van der Waals surface area contributed by atoms with Gasteiger partial charge in [-0.25, -0.2) is 18.1 Å². The van der Waals surface area contributed by atoms with E-state index >= 15 is 0 Å². The molecule has 1 aromatic heterocycles. The van der Waals surface area contributed by atoms with E-state index in [2.05, 4.69) is 15.0 Å². The summed E-state index contributed by atoms with van der Waals surface area (Å²) in [5.74, 6) is 1.18. The molecular weight excluding hydrogens is 262 g/mol. The van der Waals surface area contributed by atoms with Gasteiger partial charge in [-0.05, 0) is 37.8 Å². The van der Waals surface area contributed by atoms with Gasteiger partial charge in [0.15, 0.2) is 0 Å². The lowest BCUT2D eigenvalue weighted by molar-refractivity contribution is 0.463. The maximum Gasteiger partial charge on any atom is 0.208 e. The summed E-state index contributed by atoms with van der Waals surface area (Å²) in [7, 11) is -3.12. The van der Waals surface area contributed by atoms with Crippen LogP contribution in [0.15, 0.2) is 18.2 Å². The number of nitrogens with zero attached hydrogens (tertiary/aromatic N) is 1. The highest BCUT2D eigenvalue weighted by Crippen LogP contribution is 2.26. The highest BCUT2D eigenvalue weighted by Gasteiger charge is 2.29. The van der Waals surface area contributed by atoms with Crippen molar-refractivity contribution in [2.45, 2.75) is 32.2 Å². The van der Waals surface area contributed by atoms with E-state index in [-0.39, 0.29) is 6.04 Å². The molecule has 0 saturated heterocycles. The summed E-state index contributed by atoms with van der Waals surface area (Å²) in [6.07, 6.45) is 4.26. The number of hydrogen-bond acceptors (Lipinski definition) is 4. The number of rotatable bonds is 5. The Bertz CT molecular complexity index is 530. The molecule has 0 bridgehead atoms. The van der Waals surface area contributed by atoms with Crippen molar-refractivity contribution in [2.75, 3.05) is 18.1 Å². The number of pyridine rings is 1. The number of hydrogen-bond donors (Lipinski definition) is 2. The van der Waals surface area contributed by atoms with Gasteiger partial charge in [0.2, 0.25) is 10.0 Å². The fourth-order valence-corrected chi connectivity index (χ4v) is 3.45. The molecule has 0 amide bonds. The van der Waals surface area contributed by atoms with Crippen LogP contribution in [0, 0.1) is 12.8 Å². The van der Waals surface area contributed by atoms with Gasteiger partial charge >= 0.3 is 0 Å². The van der Waals surface area contributed by atoms with E-state index in [1.165, 1.54) is 6.26 Å².